The van der Waals surface area contributed by atoms with Gasteiger partial charge in [0.2, 0.25) is 0 Å². The molecule has 2 N–H and O–H groups in total. The fraction of sp³-hybridized carbons (Fsp3) is 0.438. The lowest BCUT2D eigenvalue weighted by atomic mass is 9.97. The molecular weight excluding hydrogens is 254 g/mol. The minimum atomic E-state index is -0.639. The van der Waals surface area contributed by atoms with E-state index in [9.17, 15) is 9.90 Å². The number of carbonyl (C=O) groups is 1. The van der Waals surface area contributed by atoms with Crippen molar-refractivity contribution in [3.05, 3.63) is 35.4 Å². The minimum absolute atomic E-state index is 0.00431. The van der Waals surface area contributed by atoms with Gasteiger partial charge in [0.1, 0.15) is 0 Å². The average molecular weight is 271 g/mol. The highest BCUT2D eigenvalue weighted by molar-refractivity contribution is 5.96. The van der Waals surface area contributed by atoms with Gasteiger partial charge in [-0.2, -0.15) is 0 Å². The third kappa shape index (κ3) is 2.20. The number of benzene rings is 1. The van der Waals surface area contributed by atoms with Crippen molar-refractivity contribution >= 4 is 5.91 Å². The van der Waals surface area contributed by atoms with Gasteiger partial charge in [0, 0.05) is 24.8 Å². The molecule has 104 valence electrons. The molecule has 1 heterocycles. The molecule has 1 saturated heterocycles. The molecule has 1 aliphatic carbocycles. The highest BCUT2D eigenvalue weighted by atomic mass is 16.5. The Morgan fingerprint density at radius 2 is 2.25 bits per heavy atom. The first kappa shape index (κ1) is 13.2. The Bertz CT molecular complexity index is 573. The summed E-state index contributed by atoms with van der Waals surface area (Å²) >= 11 is 0. The maximum absolute atomic E-state index is 12.4. The Kier molecular flexibility index (Phi) is 3.25. The third-order valence-corrected chi connectivity index (χ3v) is 4.07. The molecule has 1 saturated carbocycles. The van der Waals surface area contributed by atoms with Gasteiger partial charge in [0.25, 0.3) is 5.91 Å². The van der Waals surface area contributed by atoms with Crippen LogP contribution in [0.25, 0.3) is 0 Å². The maximum atomic E-state index is 12.4. The molecule has 2 fully saturated rings. The van der Waals surface area contributed by atoms with E-state index in [0.717, 1.165) is 18.6 Å². The number of carbonyl (C=O) groups excluding carboxylic acids is 1. The number of amides is 1. The zero-order valence-corrected chi connectivity index (χ0v) is 11.1. The summed E-state index contributed by atoms with van der Waals surface area (Å²) in [7, 11) is 0. The van der Waals surface area contributed by atoms with E-state index in [1.54, 1.807) is 6.07 Å². The molecule has 3 rings (SSSR count). The molecule has 4 nitrogen and oxygen atoms in total. The van der Waals surface area contributed by atoms with Crippen molar-refractivity contribution in [1.29, 1.82) is 0 Å². The van der Waals surface area contributed by atoms with Crippen LogP contribution in [0.3, 0.4) is 0 Å². The molecule has 1 amide bonds. The van der Waals surface area contributed by atoms with Crippen molar-refractivity contribution in [3.63, 3.8) is 0 Å². The number of hydrogen-bond donors (Lipinski definition) is 2. The van der Waals surface area contributed by atoms with Crippen molar-refractivity contribution in [2.75, 3.05) is 6.61 Å². The number of terminal acetylenes is 1. The van der Waals surface area contributed by atoms with Crippen LogP contribution in [0.4, 0.5) is 0 Å². The van der Waals surface area contributed by atoms with Gasteiger partial charge < -0.3 is 15.2 Å². The van der Waals surface area contributed by atoms with Crippen LogP contribution < -0.4 is 5.32 Å². The number of aliphatic hydroxyl groups excluding tert-OH is 1. The first-order valence-corrected chi connectivity index (χ1v) is 6.81. The molecule has 3 atom stereocenters. The summed E-state index contributed by atoms with van der Waals surface area (Å²) < 4.78 is 5.46. The molecular formula is C16H17NO3. The number of ether oxygens (including phenoxy) is 1. The van der Waals surface area contributed by atoms with Gasteiger partial charge in [-0.05, 0) is 11.6 Å². The van der Waals surface area contributed by atoms with Gasteiger partial charge in [0.05, 0.1) is 24.4 Å². The van der Waals surface area contributed by atoms with E-state index in [1.165, 1.54) is 0 Å². The number of nitrogens with one attached hydrogen (secondary N) is 1. The van der Waals surface area contributed by atoms with Gasteiger partial charge >= 0.3 is 0 Å². The van der Waals surface area contributed by atoms with Gasteiger partial charge in [-0.15, -0.1) is 12.3 Å². The first-order chi connectivity index (χ1) is 9.66. The molecule has 0 spiro atoms. The van der Waals surface area contributed by atoms with Gasteiger partial charge in [0.15, 0.2) is 0 Å². The average Bonchev–Trinajstić information content (AvgIpc) is 2.98. The Morgan fingerprint density at radius 1 is 1.55 bits per heavy atom. The molecule has 1 aliphatic heterocycles. The van der Waals surface area contributed by atoms with Crippen molar-refractivity contribution in [3.8, 4) is 12.3 Å². The summed E-state index contributed by atoms with van der Waals surface area (Å²) in [5.74, 6) is 2.33. The van der Waals surface area contributed by atoms with Gasteiger partial charge in [-0.25, -0.2) is 0 Å². The second kappa shape index (κ2) is 4.93. The fourth-order valence-electron chi connectivity index (χ4n) is 2.60. The summed E-state index contributed by atoms with van der Waals surface area (Å²) in [4.78, 5) is 12.4. The quantitative estimate of drug-likeness (QED) is 0.814. The van der Waals surface area contributed by atoms with Crippen LogP contribution in [0, 0.1) is 12.3 Å². The summed E-state index contributed by atoms with van der Waals surface area (Å²) in [6, 6.07) is 7.42. The van der Waals surface area contributed by atoms with E-state index in [0.29, 0.717) is 18.4 Å². The zero-order chi connectivity index (χ0) is 14.2. The number of aliphatic hydroxyl groups is 1. The molecule has 20 heavy (non-hydrogen) atoms. The number of rotatable bonds is 4. The predicted octanol–water partition coefficient (Wildman–Crippen LogP) is 1.40. The summed E-state index contributed by atoms with van der Waals surface area (Å²) in [6.45, 7) is 0.736. The van der Waals surface area contributed by atoms with E-state index in [4.69, 9.17) is 11.2 Å². The van der Waals surface area contributed by atoms with Crippen LogP contribution in [0.1, 0.15) is 41.3 Å². The Morgan fingerprint density at radius 3 is 2.80 bits per heavy atom. The van der Waals surface area contributed by atoms with Crippen molar-refractivity contribution < 1.29 is 14.6 Å². The summed E-state index contributed by atoms with van der Waals surface area (Å²) in [5, 5.41) is 12.6. The van der Waals surface area contributed by atoms with Crippen LogP contribution in [0.15, 0.2) is 24.3 Å². The van der Waals surface area contributed by atoms with Gasteiger partial charge in [-0.1, -0.05) is 18.2 Å². The molecule has 0 aromatic heterocycles. The van der Waals surface area contributed by atoms with Crippen LogP contribution in [-0.4, -0.2) is 29.3 Å². The maximum Gasteiger partial charge on any atom is 0.252 e. The monoisotopic (exact) mass is 271 g/mol. The molecule has 1 aromatic rings. The van der Waals surface area contributed by atoms with Crippen molar-refractivity contribution in [1.82, 2.24) is 5.32 Å². The minimum Gasteiger partial charge on any atom is -0.391 e. The highest BCUT2D eigenvalue weighted by Gasteiger charge is 2.54. The van der Waals surface area contributed by atoms with Crippen LogP contribution >= 0.6 is 0 Å². The lowest BCUT2D eigenvalue weighted by Crippen LogP contribution is -2.40. The summed E-state index contributed by atoms with van der Waals surface area (Å²) in [5.41, 5.74) is 0.870. The Balaban J connectivity index is 1.79. The SMILES string of the molecule is C#CCC1(NC(=O)c2ccccc2C2CCO2)C[C@H]1O. The second-order valence-electron chi connectivity index (χ2n) is 5.45. The van der Waals surface area contributed by atoms with Crippen molar-refractivity contribution in [2.24, 2.45) is 0 Å². The lowest BCUT2D eigenvalue weighted by molar-refractivity contribution is -0.0530. The van der Waals surface area contributed by atoms with Crippen molar-refractivity contribution in [2.45, 2.75) is 37.0 Å². The summed E-state index contributed by atoms with van der Waals surface area (Å²) in [6.07, 6.45) is 6.57. The Hall–Kier alpha value is -1.83. The molecule has 1 aromatic carbocycles. The van der Waals surface area contributed by atoms with Gasteiger partial charge in [-0.3, -0.25) is 4.79 Å². The zero-order valence-electron chi connectivity index (χ0n) is 11.1. The Labute approximate surface area is 118 Å². The third-order valence-electron chi connectivity index (χ3n) is 4.07. The standard InChI is InChI=1S/C16H17NO3/c1-2-8-16(10-14(16)18)17-15(19)12-6-4-3-5-11(12)13-7-9-20-13/h1,3-6,13-14,18H,7-10H2,(H,17,19)/t13?,14-,16?/m1/s1. The number of hydrogen-bond acceptors (Lipinski definition) is 3. The van der Waals surface area contributed by atoms with E-state index in [-0.39, 0.29) is 12.0 Å². The smallest absolute Gasteiger partial charge is 0.252 e. The molecule has 2 unspecified atom stereocenters. The second-order valence-corrected chi connectivity index (χ2v) is 5.45. The predicted molar refractivity (Wildman–Crippen MR) is 74.0 cm³/mol. The normalized spacial score (nSPS) is 31.0. The van der Waals surface area contributed by atoms with E-state index in [1.807, 2.05) is 18.2 Å². The fourth-order valence-corrected chi connectivity index (χ4v) is 2.60. The van der Waals surface area contributed by atoms with Crippen LogP contribution in [0.5, 0.6) is 0 Å². The van der Waals surface area contributed by atoms with E-state index >= 15 is 0 Å². The topological polar surface area (TPSA) is 58.6 Å². The first-order valence-electron chi connectivity index (χ1n) is 6.81. The van der Waals surface area contributed by atoms with E-state index in [2.05, 4.69) is 11.2 Å². The molecule has 0 bridgehead atoms. The van der Waals surface area contributed by atoms with E-state index < -0.39 is 11.6 Å². The van der Waals surface area contributed by atoms with Crippen LogP contribution in [-0.2, 0) is 4.74 Å². The lowest BCUT2D eigenvalue weighted by Gasteiger charge is -2.28. The largest absolute Gasteiger partial charge is 0.391 e. The highest BCUT2D eigenvalue weighted by Crippen LogP contribution is 2.39. The molecule has 2 aliphatic rings. The van der Waals surface area contributed by atoms with Crippen LogP contribution in [0.2, 0.25) is 0 Å². The molecule has 4 heteroatoms. The molecule has 0 radical (unpaired) electrons.